The van der Waals surface area contributed by atoms with Crippen LogP contribution in [0.1, 0.15) is 36.7 Å². The first-order valence-corrected chi connectivity index (χ1v) is 8.38. The summed E-state index contributed by atoms with van der Waals surface area (Å²) in [4.78, 5) is 33.0. The summed E-state index contributed by atoms with van der Waals surface area (Å²) in [5, 5.41) is 0. The van der Waals surface area contributed by atoms with Crippen molar-refractivity contribution in [1.82, 2.24) is 14.8 Å². The Morgan fingerprint density at radius 2 is 2.04 bits per heavy atom. The van der Waals surface area contributed by atoms with Crippen molar-refractivity contribution in [2.45, 2.75) is 32.2 Å². The van der Waals surface area contributed by atoms with Gasteiger partial charge in [-0.2, -0.15) is 0 Å². The van der Waals surface area contributed by atoms with Crippen molar-refractivity contribution in [2.75, 3.05) is 19.6 Å². The van der Waals surface area contributed by atoms with Gasteiger partial charge in [0, 0.05) is 31.7 Å². The van der Waals surface area contributed by atoms with Gasteiger partial charge in [0.25, 0.3) is 5.91 Å². The van der Waals surface area contributed by atoms with Gasteiger partial charge in [-0.3, -0.25) is 14.6 Å². The van der Waals surface area contributed by atoms with Crippen molar-refractivity contribution < 1.29 is 9.59 Å². The average Bonchev–Trinajstić information content (AvgIpc) is 3.10. The van der Waals surface area contributed by atoms with E-state index in [4.69, 9.17) is 0 Å². The molecule has 0 aromatic carbocycles. The molecule has 2 aliphatic rings. The third-order valence-electron chi connectivity index (χ3n) is 4.78. The van der Waals surface area contributed by atoms with Crippen LogP contribution in [0.25, 0.3) is 0 Å². The number of carbonyl (C=O) groups excluding carboxylic acids is 2. The fourth-order valence-electron chi connectivity index (χ4n) is 3.40. The molecule has 1 fully saturated rings. The molecule has 0 unspecified atom stereocenters. The normalized spacial score (nSPS) is 21.7. The van der Waals surface area contributed by atoms with Crippen LogP contribution >= 0.6 is 0 Å². The largest absolute Gasteiger partial charge is 0.337 e. The highest BCUT2D eigenvalue weighted by Gasteiger charge is 2.33. The van der Waals surface area contributed by atoms with Crippen molar-refractivity contribution in [3.8, 4) is 0 Å². The molecule has 0 spiro atoms. The monoisotopic (exact) mass is 313 g/mol. The summed E-state index contributed by atoms with van der Waals surface area (Å²) in [5.41, 5.74) is 0.479. The first-order chi connectivity index (χ1) is 11.2. The Balaban J connectivity index is 1.56. The van der Waals surface area contributed by atoms with Crippen LogP contribution in [0.2, 0.25) is 0 Å². The summed E-state index contributed by atoms with van der Waals surface area (Å²) >= 11 is 0. The fourth-order valence-corrected chi connectivity index (χ4v) is 3.40. The quantitative estimate of drug-likeness (QED) is 0.803. The third-order valence-corrected chi connectivity index (χ3v) is 4.78. The molecule has 5 heteroatoms. The Bertz CT molecular complexity index is 592. The molecule has 0 aliphatic carbocycles. The topological polar surface area (TPSA) is 53.5 Å². The summed E-state index contributed by atoms with van der Waals surface area (Å²) < 4.78 is 0. The lowest BCUT2D eigenvalue weighted by atomic mass is 9.94. The van der Waals surface area contributed by atoms with E-state index in [2.05, 4.69) is 24.1 Å². The van der Waals surface area contributed by atoms with E-state index in [1.165, 1.54) is 0 Å². The molecule has 0 radical (unpaired) electrons. The first kappa shape index (κ1) is 15.7. The van der Waals surface area contributed by atoms with E-state index in [0.29, 0.717) is 18.8 Å². The smallest absolute Gasteiger partial charge is 0.272 e. The van der Waals surface area contributed by atoms with Crippen LogP contribution in [0.3, 0.4) is 0 Å². The van der Waals surface area contributed by atoms with Crippen molar-refractivity contribution in [3.63, 3.8) is 0 Å². The van der Waals surface area contributed by atoms with Gasteiger partial charge in [-0.25, -0.2) is 0 Å². The maximum atomic E-state index is 12.7. The van der Waals surface area contributed by atoms with Gasteiger partial charge in [0.15, 0.2) is 0 Å². The second-order valence-electron chi connectivity index (χ2n) is 6.18. The molecular weight excluding hydrogens is 290 g/mol. The van der Waals surface area contributed by atoms with E-state index >= 15 is 0 Å². The Labute approximate surface area is 137 Å². The predicted molar refractivity (Wildman–Crippen MR) is 87.8 cm³/mol. The summed E-state index contributed by atoms with van der Waals surface area (Å²) in [5.74, 6) is 0.245. The van der Waals surface area contributed by atoms with Gasteiger partial charge in [-0.05, 0) is 31.4 Å². The summed E-state index contributed by atoms with van der Waals surface area (Å²) in [6.07, 6.45) is 8.27. The minimum absolute atomic E-state index is 0.0363. The Morgan fingerprint density at radius 3 is 2.70 bits per heavy atom. The van der Waals surface area contributed by atoms with Gasteiger partial charge in [-0.15, -0.1) is 0 Å². The lowest BCUT2D eigenvalue weighted by molar-refractivity contribution is -0.137. The van der Waals surface area contributed by atoms with E-state index in [1.807, 2.05) is 15.9 Å². The molecular formula is C18H23N3O2. The van der Waals surface area contributed by atoms with Crippen molar-refractivity contribution in [2.24, 2.45) is 5.92 Å². The lowest BCUT2D eigenvalue weighted by Gasteiger charge is -2.34. The minimum atomic E-state index is -0.0363. The second kappa shape index (κ2) is 6.94. The minimum Gasteiger partial charge on any atom is -0.337 e. The van der Waals surface area contributed by atoms with Crippen LogP contribution in [-0.4, -0.2) is 52.3 Å². The number of aromatic nitrogens is 1. The SMILES string of the molecule is CC[C@H]1C=CCN1C(=O)C1CCN(C(=O)c2ccccn2)CC1. The van der Waals surface area contributed by atoms with Crippen molar-refractivity contribution >= 4 is 11.8 Å². The Hall–Kier alpha value is -2.17. The zero-order valence-electron chi connectivity index (χ0n) is 13.5. The highest BCUT2D eigenvalue weighted by atomic mass is 16.2. The number of rotatable bonds is 3. The van der Waals surface area contributed by atoms with Gasteiger partial charge in [-0.1, -0.05) is 25.1 Å². The van der Waals surface area contributed by atoms with Gasteiger partial charge in [0.05, 0.1) is 6.04 Å². The van der Waals surface area contributed by atoms with Gasteiger partial charge in [0.2, 0.25) is 5.91 Å². The highest BCUT2D eigenvalue weighted by molar-refractivity contribution is 5.92. The molecule has 3 heterocycles. The molecule has 2 amide bonds. The first-order valence-electron chi connectivity index (χ1n) is 8.38. The molecule has 122 valence electrons. The highest BCUT2D eigenvalue weighted by Crippen LogP contribution is 2.24. The molecule has 2 aliphatic heterocycles. The molecule has 3 rings (SSSR count). The Kier molecular flexibility index (Phi) is 4.74. The molecule has 1 aromatic rings. The maximum absolute atomic E-state index is 12.7. The third kappa shape index (κ3) is 3.28. The van der Waals surface area contributed by atoms with Crippen LogP contribution in [0.15, 0.2) is 36.5 Å². The van der Waals surface area contributed by atoms with Crippen LogP contribution in [-0.2, 0) is 4.79 Å². The number of hydrogen-bond acceptors (Lipinski definition) is 3. The molecule has 0 N–H and O–H groups in total. The van der Waals surface area contributed by atoms with Crippen LogP contribution < -0.4 is 0 Å². The number of hydrogen-bond donors (Lipinski definition) is 0. The second-order valence-corrected chi connectivity index (χ2v) is 6.18. The average molecular weight is 313 g/mol. The number of carbonyl (C=O) groups is 2. The zero-order chi connectivity index (χ0) is 16.2. The number of nitrogens with zero attached hydrogens (tertiary/aromatic N) is 3. The van der Waals surface area contributed by atoms with Gasteiger partial charge < -0.3 is 9.80 Å². The molecule has 0 bridgehead atoms. The van der Waals surface area contributed by atoms with Crippen LogP contribution in [0.4, 0.5) is 0 Å². The summed E-state index contributed by atoms with van der Waals surface area (Å²) in [6.45, 7) is 4.09. The van der Waals surface area contributed by atoms with Gasteiger partial charge >= 0.3 is 0 Å². The van der Waals surface area contributed by atoms with E-state index in [9.17, 15) is 9.59 Å². The van der Waals surface area contributed by atoms with E-state index in [0.717, 1.165) is 25.8 Å². The Morgan fingerprint density at radius 1 is 1.26 bits per heavy atom. The number of likely N-dealkylation sites (tertiary alicyclic amines) is 1. The summed E-state index contributed by atoms with van der Waals surface area (Å²) in [7, 11) is 0. The summed E-state index contributed by atoms with van der Waals surface area (Å²) in [6, 6.07) is 5.61. The van der Waals surface area contributed by atoms with E-state index < -0.39 is 0 Å². The molecule has 1 atom stereocenters. The lowest BCUT2D eigenvalue weighted by Crippen LogP contribution is -2.46. The standard InChI is InChI=1S/C18H23N3O2/c1-2-15-6-5-11-21(15)17(22)14-8-12-20(13-9-14)18(23)16-7-3-4-10-19-16/h3-7,10,14-15H,2,8-9,11-13H2,1H3/t15-/m0/s1. The molecule has 23 heavy (non-hydrogen) atoms. The van der Waals surface area contributed by atoms with Crippen LogP contribution in [0, 0.1) is 5.92 Å². The van der Waals surface area contributed by atoms with Crippen LogP contribution in [0.5, 0.6) is 0 Å². The van der Waals surface area contributed by atoms with E-state index in [1.54, 1.807) is 18.3 Å². The molecule has 1 aromatic heterocycles. The van der Waals surface area contributed by atoms with Crippen molar-refractivity contribution in [1.29, 1.82) is 0 Å². The van der Waals surface area contributed by atoms with E-state index in [-0.39, 0.29) is 23.8 Å². The molecule has 5 nitrogen and oxygen atoms in total. The van der Waals surface area contributed by atoms with Gasteiger partial charge in [0.1, 0.15) is 5.69 Å². The number of piperidine rings is 1. The maximum Gasteiger partial charge on any atom is 0.272 e. The predicted octanol–water partition coefficient (Wildman–Crippen LogP) is 2.11. The molecule has 0 saturated carbocycles. The number of amides is 2. The number of pyridine rings is 1. The molecule has 1 saturated heterocycles. The fraction of sp³-hybridized carbons (Fsp3) is 0.500. The van der Waals surface area contributed by atoms with Crippen molar-refractivity contribution in [3.05, 3.63) is 42.2 Å². The zero-order valence-corrected chi connectivity index (χ0v) is 13.5.